The van der Waals surface area contributed by atoms with Gasteiger partial charge in [0.15, 0.2) is 0 Å². The van der Waals surface area contributed by atoms with Gasteiger partial charge in [0.1, 0.15) is 5.75 Å². The zero-order chi connectivity index (χ0) is 15.8. The minimum absolute atomic E-state index is 0.0463. The summed E-state index contributed by atoms with van der Waals surface area (Å²) in [5, 5.41) is 10.8. The number of hydrogen-bond donors (Lipinski definition) is 1. The second-order valence-corrected chi connectivity index (χ2v) is 8.40. The maximum absolute atomic E-state index is 10.8. The van der Waals surface area contributed by atoms with Gasteiger partial charge >= 0.3 is 0 Å². The van der Waals surface area contributed by atoms with E-state index in [1.807, 2.05) is 0 Å². The van der Waals surface area contributed by atoms with E-state index in [-0.39, 0.29) is 10.8 Å². The maximum Gasteiger partial charge on any atom is 0.126 e. The van der Waals surface area contributed by atoms with Crippen molar-refractivity contribution >= 4 is 5.57 Å². The number of hydrogen-bond acceptors (Lipinski definition) is 1. The Balaban J connectivity index is 2.66. The van der Waals surface area contributed by atoms with Gasteiger partial charge < -0.3 is 5.11 Å². The summed E-state index contributed by atoms with van der Waals surface area (Å²) in [4.78, 5) is 0. The molecule has 116 valence electrons. The van der Waals surface area contributed by atoms with Gasteiger partial charge in [-0.2, -0.15) is 0 Å². The molecule has 0 saturated carbocycles. The number of rotatable bonds is 1. The van der Waals surface area contributed by atoms with Crippen molar-refractivity contribution in [2.45, 2.75) is 78.1 Å². The largest absolute Gasteiger partial charge is 0.507 e. The number of phenols is 1. The third kappa shape index (κ3) is 3.51. The van der Waals surface area contributed by atoms with Crippen molar-refractivity contribution in [2.24, 2.45) is 0 Å². The summed E-state index contributed by atoms with van der Waals surface area (Å²) in [5.74, 6) is 0.489. The van der Waals surface area contributed by atoms with E-state index in [1.165, 1.54) is 24.0 Å². The lowest BCUT2D eigenvalue weighted by Crippen LogP contribution is -2.17. The molecule has 21 heavy (non-hydrogen) atoms. The number of benzene rings is 1. The number of allylic oxidation sites excluding steroid dienone is 2. The predicted octanol–water partition coefficient (Wildman–Crippen LogP) is 5.94. The fourth-order valence-corrected chi connectivity index (χ4v) is 2.97. The summed E-state index contributed by atoms with van der Waals surface area (Å²) in [5.41, 5.74) is 4.82. The summed E-state index contributed by atoms with van der Waals surface area (Å²) in [7, 11) is 0. The Labute approximate surface area is 130 Å². The van der Waals surface area contributed by atoms with Crippen LogP contribution in [-0.4, -0.2) is 5.11 Å². The molecule has 0 amide bonds. The molecule has 0 heterocycles. The van der Waals surface area contributed by atoms with Gasteiger partial charge in [-0.1, -0.05) is 53.7 Å². The molecule has 0 bridgehead atoms. The molecule has 1 aromatic carbocycles. The van der Waals surface area contributed by atoms with Gasteiger partial charge in [0, 0.05) is 11.1 Å². The Hall–Kier alpha value is -1.24. The van der Waals surface area contributed by atoms with Gasteiger partial charge in [0.25, 0.3) is 0 Å². The fourth-order valence-electron chi connectivity index (χ4n) is 2.97. The summed E-state index contributed by atoms with van der Waals surface area (Å²) in [6, 6.07) is 4.41. The van der Waals surface area contributed by atoms with E-state index >= 15 is 0 Å². The maximum atomic E-state index is 10.8. The Kier molecular flexibility index (Phi) is 4.24. The van der Waals surface area contributed by atoms with E-state index in [2.05, 4.69) is 59.8 Å². The third-order valence-electron chi connectivity index (χ3n) is 4.42. The standard InChI is InChI=1S/C20H30O/c1-19(2,3)15-12-16(14-10-8-7-9-11-14)18(21)17(13-15)20(4,5)6/h10,12-13,21H,7-9,11H2,1-6H3. The smallest absolute Gasteiger partial charge is 0.126 e. The van der Waals surface area contributed by atoms with Crippen LogP contribution in [0, 0.1) is 0 Å². The molecule has 1 aliphatic carbocycles. The van der Waals surface area contributed by atoms with Crippen LogP contribution in [0.4, 0.5) is 0 Å². The summed E-state index contributed by atoms with van der Waals surface area (Å²) in [6.45, 7) is 13.2. The van der Waals surface area contributed by atoms with Gasteiger partial charge in [0.05, 0.1) is 0 Å². The van der Waals surface area contributed by atoms with Crippen molar-refractivity contribution in [2.75, 3.05) is 0 Å². The summed E-state index contributed by atoms with van der Waals surface area (Å²) < 4.78 is 0. The van der Waals surface area contributed by atoms with Crippen LogP contribution in [0.2, 0.25) is 0 Å². The van der Waals surface area contributed by atoms with Gasteiger partial charge in [-0.15, -0.1) is 0 Å². The van der Waals surface area contributed by atoms with Crippen molar-refractivity contribution in [1.29, 1.82) is 0 Å². The fraction of sp³-hybridized carbons (Fsp3) is 0.600. The molecule has 1 heteroatoms. The monoisotopic (exact) mass is 286 g/mol. The molecule has 0 atom stereocenters. The highest BCUT2D eigenvalue weighted by atomic mass is 16.3. The van der Waals surface area contributed by atoms with Crippen molar-refractivity contribution in [3.8, 4) is 5.75 Å². The van der Waals surface area contributed by atoms with Crippen LogP contribution in [0.25, 0.3) is 5.57 Å². The van der Waals surface area contributed by atoms with Crippen molar-refractivity contribution in [1.82, 2.24) is 0 Å². The molecular formula is C20H30O. The van der Waals surface area contributed by atoms with E-state index in [9.17, 15) is 5.11 Å². The van der Waals surface area contributed by atoms with E-state index in [1.54, 1.807) is 0 Å². The average Bonchev–Trinajstić information content (AvgIpc) is 2.37. The molecule has 0 unspecified atom stereocenters. The lowest BCUT2D eigenvalue weighted by molar-refractivity contribution is 0.442. The van der Waals surface area contributed by atoms with Gasteiger partial charge in [0.2, 0.25) is 0 Å². The molecule has 1 nitrogen and oxygen atoms in total. The molecule has 0 saturated heterocycles. The quantitative estimate of drug-likeness (QED) is 0.677. The normalized spacial score (nSPS) is 16.8. The predicted molar refractivity (Wildman–Crippen MR) is 92.0 cm³/mol. The molecule has 0 spiro atoms. The first kappa shape index (κ1) is 16.1. The van der Waals surface area contributed by atoms with E-state index in [4.69, 9.17) is 0 Å². The second-order valence-electron chi connectivity index (χ2n) is 8.40. The topological polar surface area (TPSA) is 20.2 Å². The van der Waals surface area contributed by atoms with E-state index < -0.39 is 0 Å². The Bertz CT molecular complexity index is 550. The highest BCUT2D eigenvalue weighted by molar-refractivity contribution is 5.73. The van der Waals surface area contributed by atoms with Crippen molar-refractivity contribution in [3.05, 3.63) is 34.9 Å². The van der Waals surface area contributed by atoms with Crippen molar-refractivity contribution in [3.63, 3.8) is 0 Å². The molecule has 1 aromatic rings. The second kappa shape index (κ2) is 5.51. The van der Waals surface area contributed by atoms with Crippen LogP contribution >= 0.6 is 0 Å². The van der Waals surface area contributed by atoms with Crippen LogP contribution in [0.15, 0.2) is 18.2 Å². The Morgan fingerprint density at radius 3 is 2.05 bits per heavy atom. The van der Waals surface area contributed by atoms with Crippen LogP contribution in [0.3, 0.4) is 0 Å². The summed E-state index contributed by atoms with van der Waals surface area (Å²) >= 11 is 0. The highest BCUT2D eigenvalue weighted by Crippen LogP contribution is 2.42. The first-order chi connectivity index (χ1) is 9.60. The lowest BCUT2D eigenvalue weighted by atomic mass is 9.77. The Morgan fingerprint density at radius 1 is 0.905 bits per heavy atom. The van der Waals surface area contributed by atoms with E-state index in [0.717, 1.165) is 24.0 Å². The van der Waals surface area contributed by atoms with Crippen LogP contribution < -0.4 is 0 Å². The van der Waals surface area contributed by atoms with Crippen LogP contribution in [0.5, 0.6) is 5.75 Å². The average molecular weight is 286 g/mol. The molecule has 0 radical (unpaired) electrons. The molecule has 0 fully saturated rings. The van der Waals surface area contributed by atoms with Gasteiger partial charge in [-0.05, 0) is 53.7 Å². The number of phenolic OH excluding ortho intramolecular Hbond substituents is 1. The van der Waals surface area contributed by atoms with Crippen LogP contribution in [0.1, 0.15) is 83.9 Å². The molecule has 0 aromatic heterocycles. The zero-order valence-electron chi connectivity index (χ0n) is 14.5. The van der Waals surface area contributed by atoms with Crippen molar-refractivity contribution < 1.29 is 5.11 Å². The first-order valence-corrected chi connectivity index (χ1v) is 8.18. The van der Waals surface area contributed by atoms with Gasteiger partial charge in [-0.3, -0.25) is 0 Å². The van der Waals surface area contributed by atoms with Gasteiger partial charge in [-0.25, -0.2) is 0 Å². The Morgan fingerprint density at radius 2 is 1.57 bits per heavy atom. The third-order valence-corrected chi connectivity index (χ3v) is 4.42. The minimum atomic E-state index is -0.0463. The van der Waals surface area contributed by atoms with E-state index in [0.29, 0.717) is 5.75 Å². The summed E-state index contributed by atoms with van der Waals surface area (Å²) in [6.07, 6.45) is 7.05. The molecular weight excluding hydrogens is 256 g/mol. The SMILES string of the molecule is CC(C)(C)c1cc(C2=CCCCC2)c(O)c(C(C)(C)C)c1. The molecule has 1 N–H and O–H groups in total. The minimum Gasteiger partial charge on any atom is -0.507 e. The highest BCUT2D eigenvalue weighted by Gasteiger charge is 2.26. The zero-order valence-corrected chi connectivity index (χ0v) is 14.5. The molecule has 2 rings (SSSR count). The number of aromatic hydroxyl groups is 1. The van der Waals surface area contributed by atoms with Crippen LogP contribution in [-0.2, 0) is 10.8 Å². The first-order valence-electron chi connectivity index (χ1n) is 8.18. The molecule has 1 aliphatic rings. The lowest BCUT2D eigenvalue weighted by Gasteiger charge is -2.28. The molecule has 0 aliphatic heterocycles.